The molecular weight excluding hydrogens is 1960 g/mol. The Morgan fingerprint density at radius 2 is 0.439 bits per heavy atom. The van der Waals surface area contributed by atoms with E-state index in [1.165, 1.54) is 14.2 Å². The first-order valence-corrected chi connectivity index (χ1v) is 20.6. The Kier molecular flexibility index (Phi) is 868. The van der Waals surface area contributed by atoms with Gasteiger partial charge in [0.1, 0.15) is 0 Å². The van der Waals surface area contributed by atoms with E-state index in [0.29, 0.717) is 42.9 Å². The van der Waals surface area contributed by atoms with E-state index in [0.717, 1.165) is 31.4 Å². The number of methoxy groups -OCH3 is 4. The largest absolute Gasteiger partial charge is 2.00 e. The molecule has 0 aliphatic rings. The average Bonchev–Trinajstić information content (AvgIpc) is 2.88. The zero-order valence-corrected chi connectivity index (χ0v) is 64.6. The topological polar surface area (TPSA) is 220 Å². The van der Waals surface area contributed by atoms with Crippen LogP contribution in [0, 0.1) is 110 Å². The first-order chi connectivity index (χ1) is 19.0. The second-order valence-corrected chi connectivity index (χ2v) is 8.36. The molecule has 0 bridgehead atoms. The molecule has 0 heterocycles. The molecule has 0 rings (SSSR count). The van der Waals surface area contributed by atoms with Crippen LogP contribution < -0.4 is 0 Å². The fraction of sp³-hybridized carbons (Fsp3) is 0.231. The molecule has 0 aliphatic heterocycles. The van der Waals surface area contributed by atoms with Crippen molar-refractivity contribution in [3.63, 3.8) is 0 Å². The van der Waals surface area contributed by atoms with Crippen molar-refractivity contribution in [2.75, 3.05) is 41.8 Å². The summed E-state index contributed by atoms with van der Waals surface area (Å²) in [6.45, 7) is 45.1. The van der Waals surface area contributed by atoms with E-state index in [1.54, 1.807) is 0 Å². The summed E-state index contributed by atoms with van der Waals surface area (Å²) >= 11 is 9.20. The molecule has 31 heteroatoms. The first kappa shape index (κ1) is 185. The number of halogens is 2. The van der Waals surface area contributed by atoms with Gasteiger partial charge in [0.05, 0.1) is 28.4 Å². The first-order valence-electron chi connectivity index (χ1n) is 9.39. The summed E-state index contributed by atoms with van der Waals surface area (Å²) in [5.74, 6) is 0. The SMILES string of the molecule is COC(=O)Cl.COC(=O)Cl.COC([NH-])=O.COC([NH-])=O.[CH2-]PC.[CH2-]PC.[CH2-]P[CH2-].[CH2-]P[CH2-].[CH2-]P[CH2-].[CH2-]P[CH2-].[CH2-]P[CH2-].[CH3-].[CH3-].[CH3-].[CH3-].[NH2-].[NH2-].[V+2].[V+2].[V+2].[V+2].[V+2].[W+2].[W+2].[W+2].[W+2].[W+2]. The van der Waals surface area contributed by atoms with E-state index in [2.05, 4.69) is 122 Å². The molecule has 0 saturated heterocycles. The molecule has 2 atom stereocenters. The molecule has 2 unspecified atom stereocenters. The summed E-state index contributed by atoms with van der Waals surface area (Å²) in [4.78, 5) is 37.2. The third kappa shape index (κ3) is 1010. The Hall–Kier alpha value is 7.35. The van der Waals surface area contributed by atoms with Gasteiger partial charge >= 0.3 is 209 Å². The standard InChI is InChI=1S/2C2H3ClO2.2C2H5NO2.2C2H6P.5C2H5P.4CH3.2H2N.5V.5W/c4*1-5-2(3)4;7*1-3-2;;;;;;;;;;;;;;;;/h2*1H3;2*1H3,(H2,3,4);2*3H,1H2,2H3;5*3H,1-2H2;4*1H3;2*1H2;;;;;;;;;;/q;;;;2*-1;5*-2;6*-1;10*+2/p-2. The molecule has 0 saturated carbocycles. The van der Waals surface area contributed by atoms with Crippen LogP contribution in [-0.2, 0) is 217 Å². The molecule has 0 aliphatic carbocycles. The van der Waals surface area contributed by atoms with Crippen LogP contribution in [-0.4, -0.2) is 64.8 Å². The van der Waals surface area contributed by atoms with Gasteiger partial charge in [-0.05, 0) is 0 Å². The number of hydrogen-bond acceptors (Lipinski definition) is 8. The second kappa shape index (κ2) is 267. The number of nitrogens with two attached hydrogens (primary N) is 2. The van der Waals surface area contributed by atoms with Crippen molar-refractivity contribution in [2.24, 2.45) is 0 Å². The Balaban J connectivity index is -0.00000000680. The van der Waals surface area contributed by atoms with Crippen LogP contribution in [0.5, 0.6) is 0 Å². The van der Waals surface area contributed by atoms with Crippen LogP contribution in [0.15, 0.2) is 0 Å². The normalized spacial score (nSPS) is 4.98. The van der Waals surface area contributed by atoms with E-state index in [9.17, 15) is 19.2 Å². The van der Waals surface area contributed by atoms with Crippen LogP contribution in [0.1, 0.15) is 0 Å². The summed E-state index contributed by atoms with van der Waals surface area (Å²) in [5, 5.41) is 0. The maximum Gasteiger partial charge on any atom is 2.00 e. The molecule has 5 radical (unpaired) electrons. The van der Waals surface area contributed by atoms with Crippen LogP contribution >= 0.6 is 83.3 Å². The molecule has 57 heavy (non-hydrogen) atoms. The Morgan fingerprint density at radius 3 is 0.439 bits per heavy atom. The average molecular weight is 2030 g/mol. The minimum Gasteiger partial charge on any atom is -0.693 e. The molecule has 12 nitrogen and oxygen atoms in total. The zero-order valence-electron chi connectivity index (χ0n) is 34.4. The summed E-state index contributed by atoms with van der Waals surface area (Å²) in [6, 6.07) is 0. The molecule has 0 aromatic carbocycles. The van der Waals surface area contributed by atoms with Crippen molar-refractivity contribution in [3.05, 3.63) is 133 Å². The second-order valence-electron chi connectivity index (χ2n) is 3.82. The molecular formula is C26H67Cl2N4O8P7V5W5. The predicted octanol–water partition coefficient (Wildman–Crippen LogP) is 15.2. The monoisotopic (exact) mass is 2020 g/mol. The van der Waals surface area contributed by atoms with Gasteiger partial charge in [0.15, 0.2) is 0 Å². The Morgan fingerprint density at radius 1 is 0.404 bits per heavy atom. The van der Waals surface area contributed by atoms with Gasteiger partial charge < -0.3 is 195 Å². The van der Waals surface area contributed by atoms with Crippen molar-refractivity contribution in [2.45, 2.75) is 0 Å². The van der Waals surface area contributed by atoms with Crippen LogP contribution in [0.25, 0.3) is 23.8 Å². The quantitative estimate of drug-likeness (QED) is 0.0980. The number of rotatable bonds is 0. The Labute approximate surface area is 510 Å². The minimum atomic E-state index is -0.995. The fourth-order valence-corrected chi connectivity index (χ4v) is 0. The van der Waals surface area contributed by atoms with Gasteiger partial charge in [0.2, 0.25) is 12.2 Å². The molecule has 0 spiro atoms. The summed E-state index contributed by atoms with van der Waals surface area (Å²) in [6.07, 6.45) is -1.99. The number of carbonyl (C=O) groups is 4. The minimum absolute atomic E-state index is 0. The van der Waals surface area contributed by atoms with Crippen molar-refractivity contribution in [3.8, 4) is 0 Å². The molecule has 2 amide bonds. The van der Waals surface area contributed by atoms with Crippen LogP contribution in [0.3, 0.4) is 0 Å². The van der Waals surface area contributed by atoms with E-state index in [-0.39, 0.29) is 240 Å². The van der Waals surface area contributed by atoms with Gasteiger partial charge in [-0.3, -0.25) is 26.8 Å². The van der Waals surface area contributed by atoms with Crippen molar-refractivity contribution < 1.29 is 236 Å². The van der Waals surface area contributed by atoms with Gasteiger partial charge in [-0.1, -0.05) is 13.3 Å². The smallest absolute Gasteiger partial charge is 0.693 e. The van der Waals surface area contributed by atoms with Gasteiger partial charge in [-0.25, -0.2) is 9.59 Å². The predicted molar refractivity (Wildman–Crippen MR) is 241 cm³/mol. The van der Waals surface area contributed by atoms with E-state index >= 15 is 0 Å². The molecule has 0 aromatic rings. The van der Waals surface area contributed by atoms with Crippen molar-refractivity contribution in [1.29, 1.82) is 0 Å². The summed E-state index contributed by atoms with van der Waals surface area (Å²) in [7, 11) is 9.34. The number of amides is 2. The molecule has 343 valence electrons. The van der Waals surface area contributed by atoms with Gasteiger partial charge in [0.25, 0.3) is 0 Å². The van der Waals surface area contributed by atoms with E-state index in [1.807, 2.05) is 13.3 Å². The maximum atomic E-state index is 9.36. The van der Waals surface area contributed by atoms with Crippen molar-refractivity contribution >= 4 is 106 Å². The van der Waals surface area contributed by atoms with E-state index in [4.69, 9.17) is 11.5 Å². The molecule has 0 fully saturated rings. The van der Waals surface area contributed by atoms with Crippen molar-refractivity contribution in [1.82, 2.24) is 0 Å². The molecule has 0 aromatic heterocycles. The fourth-order valence-electron chi connectivity index (χ4n) is 0. The Bertz CT molecular complexity index is 401. The number of hydrogen-bond donors (Lipinski definition) is 0. The van der Waals surface area contributed by atoms with Gasteiger partial charge in [-0.2, -0.15) is 0 Å². The van der Waals surface area contributed by atoms with Crippen LogP contribution in [0.4, 0.5) is 19.2 Å². The molecule has 6 N–H and O–H groups in total. The third-order valence-electron chi connectivity index (χ3n) is 0.692. The van der Waals surface area contributed by atoms with Gasteiger partial charge in [0, 0.05) is 23.2 Å². The van der Waals surface area contributed by atoms with Crippen LogP contribution in [0.2, 0.25) is 0 Å². The maximum absolute atomic E-state index is 9.36. The van der Waals surface area contributed by atoms with Gasteiger partial charge in [-0.15, -0.1) is 0 Å². The number of carbonyl (C=O) groups excluding carboxylic acids is 4. The number of nitrogens with one attached hydrogen (secondary N) is 2. The number of ether oxygens (including phenoxy) is 4. The zero-order chi connectivity index (χ0) is 36.1. The third-order valence-corrected chi connectivity index (χ3v) is 1.00. The summed E-state index contributed by atoms with van der Waals surface area (Å²) < 4.78 is 15.3. The summed E-state index contributed by atoms with van der Waals surface area (Å²) in [5.41, 5.74) is 10.4. The van der Waals surface area contributed by atoms with E-state index < -0.39 is 23.0 Å².